The molecule has 0 aromatic heterocycles. The van der Waals surface area contributed by atoms with Crippen LogP contribution in [0.15, 0.2) is 18.2 Å². The molecule has 0 bridgehead atoms. The highest BCUT2D eigenvalue weighted by molar-refractivity contribution is 5.96. The van der Waals surface area contributed by atoms with E-state index in [4.69, 9.17) is 0 Å². The van der Waals surface area contributed by atoms with Crippen LogP contribution in [0.5, 0.6) is 0 Å². The Labute approximate surface area is 87.9 Å². The van der Waals surface area contributed by atoms with Crippen molar-refractivity contribution in [1.29, 1.82) is 0 Å². The highest BCUT2D eigenvalue weighted by Crippen LogP contribution is 2.15. The fourth-order valence-electron chi connectivity index (χ4n) is 0.955. The molecule has 0 aliphatic heterocycles. The van der Waals surface area contributed by atoms with Gasteiger partial charge in [0, 0.05) is 5.69 Å². The largest absolute Gasteiger partial charge is 0.381 e. The number of rotatable bonds is 2. The minimum Gasteiger partial charge on any atom is -0.381 e. The molecule has 0 heterocycles. The summed E-state index contributed by atoms with van der Waals surface area (Å²) in [7, 11) is 0. The molecule has 3 nitrogen and oxygen atoms in total. The summed E-state index contributed by atoms with van der Waals surface area (Å²) in [6.07, 6.45) is 0. The molecule has 0 aliphatic carbocycles. The average molecular weight is 211 g/mol. The number of anilines is 1. The van der Waals surface area contributed by atoms with E-state index in [0.717, 1.165) is 0 Å². The van der Waals surface area contributed by atoms with Crippen molar-refractivity contribution in [2.75, 3.05) is 5.32 Å². The number of aryl methyl sites for hydroxylation is 1. The second kappa shape index (κ2) is 3.98. The first-order chi connectivity index (χ1) is 6.80. The SMILES string of the molecule is Cc1ccc(NC(=O)C(C)(C)O)cc1F. The van der Waals surface area contributed by atoms with Gasteiger partial charge in [-0.3, -0.25) is 4.79 Å². The molecular weight excluding hydrogens is 197 g/mol. The van der Waals surface area contributed by atoms with Gasteiger partial charge in [0.25, 0.3) is 5.91 Å². The average Bonchev–Trinajstić information content (AvgIpc) is 2.10. The van der Waals surface area contributed by atoms with Crippen molar-refractivity contribution in [3.05, 3.63) is 29.6 Å². The number of carbonyl (C=O) groups excluding carboxylic acids is 1. The fourth-order valence-corrected chi connectivity index (χ4v) is 0.955. The molecule has 0 saturated heterocycles. The predicted octanol–water partition coefficient (Wildman–Crippen LogP) is 1.84. The van der Waals surface area contributed by atoms with E-state index in [-0.39, 0.29) is 5.82 Å². The Hall–Kier alpha value is -1.42. The summed E-state index contributed by atoms with van der Waals surface area (Å²) in [5.41, 5.74) is -0.622. The van der Waals surface area contributed by atoms with Gasteiger partial charge in [0.05, 0.1) is 0 Å². The van der Waals surface area contributed by atoms with Gasteiger partial charge >= 0.3 is 0 Å². The summed E-state index contributed by atoms with van der Waals surface area (Å²) in [5.74, 6) is -0.950. The molecule has 1 aromatic rings. The van der Waals surface area contributed by atoms with Gasteiger partial charge in [-0.15, -0.1) is 0 Å². The van der Waals surface area contributed by atoms with Crippen molar-refractivity contribution in [3.8, 4) is 0 Å². The van der Waals surface area contributed by atoms with Crippen molar-refractivity contribution < 1.29 is 14.3 Å². The first-order valence-corrected chi connectivity index (χ1v) is 4.60. The van der Waals surface area contributed by atoms with Crippen molar-refractivity contribution in [1.82, 2.24) is 0 Å². The summed E-state index contributed by atoms with van der Waals surface area (Å²) < 4.78 is 13.1. The van der Waals surface area contributed by atoms with Gasteiger partial charge in [-0.25, -0.2) is 4.39 Å². The Morgan fingerprint density at radius 1 is 1.47 bits per heavy atom. The van der Waals surface area contributed by atoms with Crippen LogP contribution < -0.4 is 5.32 Å². The zero-order chi connectivity index (χ0) is 11.6. The van der Waals surface area contributed by atoms with Crippen molar-refractivity contribution >= 4 is 11.6 Å². The quantitative estimate of drug-likeness (QED) is 0.784. The van der Waals surface area contributed by atoms with E-state index in [0.29, 0.717) is 11.3 Å². The fraction of sp³-hybridized carbons (Fsp3) is 0.364. The van der Waals surface area contributed by atoms with Crippen LogP contribution >= 0.6 is 0 Å². The lowest BCUT2D eigenvalue weighted by Gasteiger charge is -2.16. The van der Waals surface area contributed by atoms with E-state index in [1.807, 2.05) is 0 Å². The van der Waals surface area contributed by atoms with Crippen LogP contribution in [0.3, 0.4) is 0 Å². The summed E-state index contributed by atoms with van der Waals surface area (Å²) in [6, 6.07) is 4.37. The van der Waals surface area contributed by atoms with Gasteiger partial charge in [-0.05, 0) is 38.5 Å². The van der Waals surface area contributed by atoms with Crippen LogP contribution in [-0.4, -0.2) is 16.6 Å². The molecule has 1 aromatic carbocycles. The van der Waals surface area contributed by atoms with E-state index < -0.39 is 11.5 Å². The molecular formula is C11H14FNO2. The molecule has 15 heavy (non-hydrogen) atoms. The second-order valence-corrected chi connectivity index (χ2v) is 3.98. The summed E-state index contributed by atoms with van der Waals surface area (Å²) in [4.78, 5) is 11.3. The number of hydrogen-bond acceptors (Lipinski definition) is 2. The normalized spacial score (nSPS) is 11.3. The third-order valence-corrected chi connectivity index (χ3v) is 1.99. The first-order valence-electron chi connectivity index (χ1n) is 4.60. The number of hydrogen-bond donors (Lipinski definition) is 2. The Morgan fingerprint density at radius 3 is 2.53 bits per heavy atom. The molecule has 0 atom stereocenters. The van der Waals surface area contributed by atoms with Gasteiger partial charge in [0.1, 0.15) is 11.4 Å². The topological polar surface area (TPSA) is 49.3 Å². The Bertz CT molecular complexity index is 383. The van der Waals surface area contributed by atoms with Gasteiger partial charge in [0.15, 0.2) is 0 Å². The molecule has 0 aliphatic rings. The lowest BCUT2D eigenvalue weighted by Crippen LogP contribution is -2.36. The third-order valence-electron chi connectivity index (χ3n) is 1.99. The molecule has 0 spiro atoms. The van der Waals surface area contributed by atoms with Crippen molar-refractivity contribution in [2.24, 2.45) is 0 Å². The minimum absolute atomic E-state index is 0.338. The summed E-state index contributed by atoms with van der Waals surface area (Å²) in [6.45, 7) is 4.37. The lowest BCUT2D eigenvalue weighted by molar-refractivity contribution is -0.130. The molecule has 2 N–H and O–H groups in total. The maximum absolute atomic E-state index is 13.1. The maximum Gasteiger partial charge on any atom is 0.255 e. The van der Waals surface area contributed by atoms with Crippen LogP contribution in [0, 0.1) is 12.7 Å². The van der Waals surface area contributed by atoms with Crippen LogP contribution in [0.1, 0.15) is 19.4 Å². The van der Waals surface area contributed by atoms with E-state index >= 15 is 0 Å². The molecule has 0 fully saturated rings. The van der Waals surface area contributed by atoms with E-state index in [9.17, 15) is 14.3 Å². The molecule has 82 valence electrons. The number of carbonyl (C=O) groups is 1. The molecule has 0 unspecified atom stereocenters. The van der Waals surface area contributed by atoms with E-state index in [1.54, 1.807) is 19.1 Å². The number of aliphatic hydroxyl groups is 1. The molecule has 1 rings (SSSR count). The maximum atomic E-state index is 13.1. The monoisotopic (exact) mass is 211 g/mol. The van der Waals surface area contributed by atoms with Crippen molar-refractivity contribution in [2.45, 2.75) is 26.4 Å². The lowest BCUT2D eigenvalue weighted by atomic mass is 10.1. The highest BCUT2D eigenvalue weighted by Gasteiger charge is 2.23. The minimum atomic E-state index is -1.47. The van der Waals surface area contributed by atoms with E-state index in [2.05, 4.69) is 5.32 Å². The smallest absolute Gasteiger partial charge is 0.255 e. The van der Waals surface area contributed by atoms with Crippen LogP contribution in [0.4, 0.5) is 10.1 Å². The van der Waals surface area contributed by atoms with Gasteiger partial charge in [-0.1, -0.05) is 6.07 Å². The number of nitrogens with one attached hydrogen (secondary N) is 1. The number of halogens is 1. The summed E-state index contributed by atoms with van der Waals surface area (Å²) in [5, 5.41) is 11.8. The number of amides is 1. The van der Waals surface area contributed by atoms with Gasteiger partial charge in [-0.2, -0.15) is 0 Å². The third kappa shape index (κ3) is 3.02. The number of benzene rings is 1. The van der Waals surface area contributed by atoms with E-state index in [1.165, 1.54) is 19.9 Å². The summed E-state index contributed by atoms with van der Waals surface area (Å²) >= 11 is 0. The predicted molar refractivity (Wildman–Crippen MR) is 56.1 cm³/mol. The molecule has 0 radical (unpaired) electrons. The molecule has 1 amide bonds. The molecule has 0 saturated carbocycles. The van der Waals surface area contributed by atoms with Crippen LogP contribution in [-0.2, 0) is 4.79 Å². The van der Waals surface area contributed by atoms with Crippen LogP contribution in [0.2, 0.25) is 0 Å². The Morgan fingerprint density at radius 2 is 2.07 bits per heavy atom. The van der Waals surface area contributed by atoms with Crippen LogP contribution in [0.25, 0.3) is 0 Å². The Kier molecular flexibility index (Phi) is 3.09. The standard InChI is InChI=1S/C11H14FNO2/c1-7-4-5-8(6-9(7)12)13-10(14)11(2,3)15/h4-6,15H,1-3H3,(H,13,14). The van der Waals surface area contributed by atoms with Gasteiger partial charge in [0.2, 0.25) is 0 Å². The second-order valence-electron chi connectivity index (χ2n) is 3.98. The zero-order valence-electron chi connectivity index (χ0n) is 8.97. The van der Waals surface area contributed by atoms with Gasteiger partial charge < -0.3 is 10.4 Å². The first kappa shape index (κ1) is 11.7. The zero-order valence-corrected chi connectivity index (χ0v) is 8.97. The molecule has 4 heteroatoms. The Balaban J connectivity index is 2.83. The highest BCUT2D eigenvalue weighted by atomic mass is 19.1. The van der Waals surface area contributed by atoms with Crippen molar-refractivity contribution in [3.63, 3.8) is 0 Å².